The molecule has 0 saturated heterocycles. The summed E-state index contributed by atoms with van der Waals surface area (Å²) in [6, 6.07) is 3.55. The van der Waals surface area contributed by atoms with Gasteiger partial charge in [0.1, 0.15) is 0 Å². The third-order valence-corrected chi connectivity index (χ3v) is 4.26. The van der Waals surface area contributed by atoms with Gasteiger partial charge >= 0.3 is 6.18 Å². The van der Waals surface area contributed by atoms with E-state index in [2.05, 4.69) is 4.98 Å². The van der Waals surface area contributed by atoms with E-state index in [0.29, 0.717) is 16.6 Å². The molecule has 1 aliphatic heterocycles. The largest absolute Gasteiger partial charge is 0.416 e. The molecule has 2 heterocycles. The van der Waals surface area contributed by atoms with Crippen molar-refractivity contribution in [2.75, 3.05) is 11.5 Å². The van der Waals surface area contributed by atoms with E-state index in [1.165, 1.54) is 6.07 Å². The lowest BCUT2D eigenvalue weighted by Crippen LogP contribution is -2.10. The van der Waals surface area contributed by atoms with E-state index in [9.17, 15) is 13.2 Å². The van der Waals surface area contributed by atoms with Gasteiger partial charge in [0.2, 0.25) is 0 Å². The molecule has 19 heavy (non-hydrogen) atoms. The van der Waals surface area contributed by atoms with Crippen LogP contribution in [0.3, 0.4) is 0 Å². The highest BCUT2D eigenvalue weighted by molar-refractivity contribution is 7.98. The molecule has 100 valence electrons. The Bertz CT molecular complexity index is 652. The molecule has 3 rings (SSSR count). The predicted molar refractivity (Wildman–Crippen MR) is 71.0 cm³/mol. The molecule has 0 spiro atoms. The van der Waals surface area contributed by atoms with E-state index in [4.69, 9.17) is 5.73 Å². The van der Waals surface area contributed by atoms with Gasteiger partial charge in [-0.25, -0.2) is 0 Å². The summed E-state index contributed by atoms with van der Waals surface area (Å²) in [5.41, 5.74) is 8.09. The Morgan fingerprint density at radius 2 is 2.05 bits per heavy atom. The average Bonchev–Trinajstić information content (AvgIpc) is 2.37. The first kappa shape index (κ1) is 12.6. The summed E-state index contributed by atoms with van der Waals surface area (Å²) in [6.07, 6.45) is -3.59. The third kappa shape index (κ3) is 2.14. The SMILES string of the molecule is Nc1c2c(nc3cc(C(F)(F)F)ccc13)CCSC2. The molecule has 1 aliphatic rings. The van der Waals surface area contributed by atoms with Gasteiger partial charge in [0.25, 0.3) is 0 Å². The van der Waals surface area contributed by atoms with E-state index in [1.54, 1.807) is 11.8 Å². The van der Waals surface area contributed by atoms with Gasteiger partial charge in [0.05, 0.1) is 11.1 Å². The van der Waals surface area contributed by atoms with Gasteiger partial charge in [0, 0.05) is 28.1 Å². The second-order valence-electron chi connectivity index (χ2n) is 4.48. The molecule has 0 bridgehead atoms. The fourth-order valence-corrected chi connectivity index (χ4v) is 3.28. The first-order valence-electron chi connectivity index (χ1n) is 5.83. The van der Waals surface area contributed by atoms with Gasteiger partial charge in [-0.2, -0.15) is 24.9 Å². The molecule has 0 fully saturated rings. The van der Waals surface area contributed by atoms with Crippen LogP contribution >= 0.6 is 11.8 Å². The molecule has 0 saturated carbocycles. The molecule has 2 aromatic rings. The monoisotopic (exact) mass is 284 g/mol. The number of pyridine rings is 1. The summed E-state index contributed by atoms with van der Waals surface area (Å²) < 4.78 is 38.1. The van der Waals surface area contributed by atoms with Crippen LogP contribution in [-0.4, -0.2) is 10.7 Å². The zero-order valence-corrected chi connectivity index (χ0v) is 10.7. The van der Waals surface area contributed by atoms with Crippen molar-refractivity contribution < 1.29 is 13.2 Å². The molecular formula is C13H11F3N2S. The van der Waals surface area contributed by atoms with Crippen LogP contribution in [-0.2, 0) is 18.3 Å². The highest BCUT2D eigenvalue weighted by atomic mass is 32.2. The highest BCUT2D eigenvalue weighted by Gasteiger charge is 2.31. The van der Waals surface area contributed by atoms with Gasteiger partial charge in [-0.3, -0.25) is 4.98 Å². The Labute approximate surface area is 112 Å². The second-order valence-corrected chi connectivity index (χ2v) is 5.59. The van der Waals surface area contributed by atoms with Crippen LogP contribution in [0.5, 0.6) is 0 Å². The number of hydrogen-bond acceptors (Lipinski definition) is 3. The van der Waals surface area contributed by atoms with Crippen molar-refractivity contribution in [1.29, 1.82) is 0 Å². The molecule has 0 unspecified atom stereocenters. The summed E-state index contributed by atoms with van der Waals surface area (Å²) in [6.45, 7) is 0. The smallest absolute Gasteiger partial charge is 0.398 e. The van der Waals surface area contributed by atoms with E-state index in [-0.39, 0.29) is 0 Å². The Hall–Kier alpha value is -1.43. The normalized spacial score (nSPS) is 15.5. The second kappa shape index (κ2) is 4.30. The number of nitrogens with two attached hydrogens (primary N) is 1. The number of benzene rings is 1. The van der Waals surface area contributed by atoms with Crippen molar-refractivity contribution in [2.45, 2.75) is 18.3 Å². The van der Waals surface area contributed by atoms with Crippen LogP contribution in [0.25, 0.3) is 10.9 Å². The number of halogens is 3. The minimum atomic E-state index is -4.35. The van der Waals surface area contributed by atoms with Crippen LogP contribution in [0, 0.1) is 0 Å². The number of aromatic nitrogens is 1. The van der Waals surface area contributed by atoms with Crippen LogP contribution in [0.2, 0.25) is 0 Å². The maximum absolute atomic E-state index is 12.7. The Morgan fingerprint density at radius 3 is 2.79 bits per heavy atom. The van der Waals surface area contributed by atoms with E-state index in [0.717, 1.165) is 41.3 Å². The molecule has 6 heteroatoms. The van der Waals surface area contributed by atoms with Gasteiger partial charge in [-0.15, -0.1) is 0 Å². The zero-order valence-electron chi connectivity index (χ0n) is 9.92. The summed E-state index contributed by atoms with van der Waals surface area (Å²) in [5.74, 6) is 1.72. The Balaban J connectivity index is 2.24. The first-order chi connectivity index (χ1) is 8.97. The third-order valence-electron chi connectivity index (χ3n) is 3.27. The van der Waals surface area contributed by atoms with Crippen LogP contribution in [0.4, 0.5) is 18.9 Å². The number of hydrogen-bond donors (Lipinski definition) is 1. The standard InChI is InChI=1S/C13H11F3N2S/c14-13(15,16)7-1-2-8-11(5-7)18-10-3-4-19-6-9(10)12(8)17/h1-2,5H,3-4,6H2,(H2,17,18). The molecule has 2 N–H and O–H groups in total. The number of thioether (sulfide) groups is 1. The van der Waals surface area contributed by atoms with Gasteiger partial charge < -0.3 is 5.73 Å². The van der Waals surface area contributed by atoms with Crippen molar-refractivity contribution in [2.24, 2.45) is 0 Å². The minimum absolute atomic E-state index is 0.331. The van der Waals surface area contributed by atoms with Crippen LogP contribution in [0.1, 0.15) is 16.8 Å². The van der Waals surface area contributed by atoms with E-state index < -0.39 is 11.7 Å². The number of anilines is 1. The molecule has 0 aliphatic carbocycles. The van der Waals surface area contributed by atoms with Crippen LogP contribution in [0.15, 0.2) is 18.2 Å². The van der Waals surface area contributed by atoms with E-state index in [1.807, 2.05) is 0 Å². The lowest BCUT2D eigenvalue weighted by molar-refractivity contribution is -0.137. The molecular weight excluding hydrogens is 273 g/mol. The fraction of sp³-hybridized carbons (Fsp3) is 0.308. The topological polar surface area (TPSA) is 38.9 Å². The summed E-state index contributed by atoms with van der Waals surface area (Å²) in [5, 5.41) is 0.606. The number of rotatable bonds is 0. The lowest BCUT2D eigenvalue weighted by Gasteiger charge is -2.18. The van der Waals surface area contributed by atoms with Crippen molar-refractivity contribution in [3.8, 4) is 0 Å². The lowest BCUT2D eigenvalue weighted by atomic mass is 10.0. The predicted octanol–water partition coefficient (Wildman–Crippen LogP) is 3.63. The maximum Gasteiger partial charge on any atom is 0.416 e. The number of alkyl halides is 3. The van der Waals surface area contributed by atoms with Crippen molar-refractivity contribution in [3.05, 3.63) is 35.0 Å². The average molecular weight is 284 g/mol. The Morgan fingerprint density at radius 1 is 1.26 bits per heavy atom. The Kier molecular flexibility index (Phi) is 2.85. The molecule has 0 amide bonds. The van der Waals surface area contributed by atoms with Gasteiger partial charge in [0.15, 0.2) is 0 Å². The number of fused-ring (bicyclic) bond motifs is 2. The first-order valence-corrected chi connectivity index (χ1v) is 6.98. The number of nitrogens with zero attached hydrogens (tertiary/aromatic N) is 1. The van der Waals surface area contributed by atoms with Gasteiger partial charge in [-0.05, 0) is 24.3 Å². The highest BCUT2D eigenvalue weighted by Crippen LogP contribution is 2.36. The quantitative estimate of drug-likeness (QED) is 0.803. The minimum Gasteiger partial charge on any atom is -0.398 e. The molecule has 1 aromatic carbocycles. The van der Waals surface area contributed by atoms with Gasteiger partial charge in [-0.1, -0.05) is 6.07 Å². The summed E-state index contributed by atoms with van der Waals surface area (Å²) in [7, 11) is 0. The van der Waals surface area contributed by atoms with E-state index >= 15 is 0 Å². The summed E-state index contributed by atoms with van der Waals surface area (Å²) >= 11 is 1.77. The molecule has 0 radical (unpaired) electrons. The maximum atomic E-state index is 12.7. The van der Waals surface area contributed by atoms with Crippen molar-refractivity contribution in [1.82, 2.24) is 4.98 Å². The number of aryl methyl sites for hydroxylation is 1. The fourth-order valence-electron chi connectivity index (χ4n) is 2.27. The number of nitrogen functional groups attached to an aromatic ring is 1. The molecule has 2 nitrogen and oxygen atoms in total. The summed E-state index contributed by atoms with van der Waals surface area (Å²) in [4.78, 5) is 4.36. The van der Waals surface area contributed by atoms with Crippen molar-refractivity contribution >= 4 is 28.4 Å². The molecule has 1 aromatic heterocycles. The zero-order chi connectivity index (χ0) is 13.6. The van der Waals surface area contributed by atoms with Crippen molar-refractivity contribution in [3.63, 3.8) is 0 Å². The van der Waals surface area contributed by atoms with Crippen LogP contribution < -0.4 is 5.73 Å². The molecule has 0 atom stereocenters.